The Kier molecular flexibility index (Phi) is 690. The van der Waals surface area contributed by atoms with Crippen molar-refractivity contribution in [3.8, 4) is 0 Å². The summed E-state index contributed by atoms with van der Waals surface area (Å²) < 4.78 is 0. The van der Waals surface area contributed by atoms with Crippen LogP contribution in [0.1, 0.15) is 0 Å². The van der Waals surface area contributed by atoms with Gasteiger partial charge < -0.3 is 21.9 Å². The minimum atomic E-state index is 0. The van der Waals surface area contributed by atoms with Gasteiger partial charge >= 0.3 is 83.2 Å². The van der Waals surface area contributed by atoms with Crippen LogP contribution in [0.2, 0.25) is 0 Å². The standard InChI is InChI=1S/Ca.4H2O.Sr.Ti/h;4*1H2;;/q+2;;;;;+2;/p-4. The van der Waals surface area contributed by atoms with Crippen molar-refractivity contribution in [1.29, 1.82) is 0 Å². The zero-order valence-corrected chi connectivity index (χ0v) is 10.9. The predicted octanol–water partition coefficient (Wildman–Crippen LogP) is -1.47. The molecule has 0 rings (SSSR count). The molecule has 0 saturated heterocycles. The van der Waals surface area contributed by atoms with Crippen molar-refractivity contribution in [3.63, 3.8) is 0 Å². The average molecular weight is 244 g/mol. The molecule has 0 aromatic rings. The van der Waals surface area contributed by atoms with E-state index < -0.39 is 0 Å². The fraction of sp³-hybridized carbons (Fsp3) is 0. The monoisotopic (exact) mass is 244 g/mol. The van der Waals surface area contributed by atoms with Gasteiger partial charge in [0.05, 0.1) is 0 Å². The Bertz CT molecular complexity index is 11.7. The molecule has 0 aromatic carbocycles. The molecule has 36 valence electrons. The Hall–Kier alpha value is 3.29. The van der Waals surface area contributed by atoms with Crippen molar-refractivity contribution >= 4 is 83.2 Å². The molecule has 7 heteroatoms. The molecule has 0 aromatic heterocycles. The van der Waals surface area contributed by atoms with Gasteiger partial charge in [-0.05, 0) is 0 Å². The van der Waals surface area contributed by atoms with Crippen LogP contribution in [0.5, 0.6) is 0 Å². The third-order valence-corrected chi connectivity index (χ3v) is 0. The molecule has 7 heavy (non-hydrogen) atoms. The van der Waals surface area contributed by atoms with Gasteiger partial charge in [0.25, 0.3) is 0 Å². The molecule has 0 aliphatic carbocycles. The second kappa shape index (κ2) is 58.9. The minimum absolute atomic E-state index is 0. The summed E-state index contributed by atoms with van der Waals surface area (Å²) in [6, 6.07) is 0. The molecule has 0 atom stereocenters. The van der Waals surface area contributed by atoms with E-state index in [1.807, 2.05) is 0 Å². The summed E-state index contributed by atoms with van der Waals surface area (Å²) in [5, 5.41) is 0. The third-order valence-electron chi connectivity index (χ3n) is 0. The van der Waals surface area contributed by atoms with E-state index in [-0.39, 0.29) is 127 Å². The normalized spacial score (nSPS) is 0. The van der Waals surface area contributed by atoms with Crippen LogP contribution in [0.25, 0.3) is 0 Å². The molecule has 0 amide bonds. The molecule has 0 bridgehead atoms. The Morgan fingerprint density at radius 3 is 0.571 bits per heavy atom. The molecule has 0 spiro atoms. The van der Waals surface area contributed by atoms with Gasteiger partial charge in [-0.1, -0.05) is 0 Å². The van der Waals surface area contributed by atoms with Crippen LogP contribution in [0.3, 0.4) is 0 Å². The fourth-order valence-electron chi connectivity index (χ4n) is 0. The van der Waals surface area contributed by atoms with E-state index in [1.165, 1.54) is 0 Å². The Morgan fingerprint density at radius 1 is 0.571 bits per heavy atom. The summed E-state index contributed by atoms with van der Waals surface area (Å²) in [6.07, 6.45) is 0. The van der Waals surface area contributed by atoms with Gasteiger partial charge in [-0.15, -0.1) is 0 Å². The Morgan fingerprint density at radius 2 is 0.571 bits per heavy atom. The zero-order chi connectivity index (χ0) is 0. The fourth-order valence-corrected chi connectivity index (χ4v) is 0. The van der Waals surface area contributed by atoms with E-state index in [2.05, 4.69) is 0 Å². The largest absolute Gasteiger partial charge is 2.00 e. The number of hydrogen-bond donors (Lipinski definition) is 0. The first-order chi connectivity index (χ1) is 0. The van der Waals surface area contributed by atoms with Gasteiger partial charge in [-0.25, -0.2) is 0 Å². The minimum Gasteiger partial charge on any atom is -0.870 e. The van der Waals surface area contributed by atoms with Crippen LogP contribution < -0.4 is 0 Å². The third kappa shape index (κ3) is 45.6. The molecular weight excluding hydrogens is 240 g/mol. The smallest absolute Gasteiger partial charge is 0.870 e. The second-order valence-corrected chi connectivity index (χ2v) is 0. The van der Waals surface area contributed by atoms with Crippen molar-refractivity contribution in [2.24, 2.45) is 0 Å². The maximum atomic E-state index is 0. The van der Waals surface area contributed by atoms with Gasteiger partial charge in [-0.2, -0.15) is 0 Å². The van der Waals surface area contributed by atoms with Crippen molar-refractivity contribution < 1.29 is 43.6 Å². The Balaban J connectivity index is 0. The van der Waals surface area contributed by atoms with E-state index in [1.54, 1.807) is 0 Å². The topological polar surface area (TPSA) is 120 Å². The Labute approximate surface area is 124 Å². The quantitative estimate of drug-likeness (QED) is 0.482. The molecule has 0 heterocycles. The summed E-state index contributed by atoms with van der Waals surface area (Å²) in [7, 11) is 0. The maximum Gasteiger partial charge on any atom is 2.00 e. The van der Waals surface area contributed by atoms with Gasteiger partial charge in [0.1, 0.15) is 0 Å². The molecule has 0 saturated carbocycles. The molecule has 0 aliphatic heterocycles. The second-order valence-electron chi connectivity index (χ2n) is 0. The predicted molar refractivity (Wildman–Crippen MR) is 19.3 cm³/mol. The van der Waals surface area contributed by atoms with Crippen LogP contribution in [0.15, 0.2) is 0 Å². The maximum absolute atomic E-state index is 0. The van der Waals surface area contributed by atoms with Crippen LogP contribution in [0, 0.1) is 0 Å². The first-order valence-corrected chi connectivity index (χ1v) is 0. The summed E-state index contributed by atoms with van der Waals surface area (Å²) in [6.45, 7) is 0. The van der Waals surface area contributed by atoms with Crippen LogP contribution in [-0.4, -0.2) is 105 Å². The van der Waals surface area contributed by atoms with Crippen molar-refractivity contribution in [3.05, 3.63) is 0 Å². The SMILES string of the molecule is [Ca+2].[OH-].[OH-].[OH-].[OH-].[Sr+2].[Ti]. The molecule has 0 unspecified atom stereocenters. The average Bonchev–Trinajstić information content (AvgIpc) is 0. The molecule has 0 radical (unpaired) electrons. The molecule has 4 nitrogen and oxygen atoms in total. The molecule has 0 fully saturated rings. The molecule has 4 N–H and O–H groups in total. The summed E-state index contributed by atoms with van der Waals surface area (Å²) in [5.41, 5.74) is 0. The molecular formula is H4CaO4SrTi. The van der Waals surface area contributed by atoms with Crippen molar-refractivity contribution in [1.82, 2.24) is 0 Å². The van der Waals surface area contributed by atoms with Crippen LogP contribution in [-0.2, 0) is 21.7 Å². The van der Waals surface area contributed by atoms with Crippen molar-refractivity contribution in [2.75, 3.05) is 0 Å². The van der Waals surface area contributed by atoms with E-state index in [0.29, 0.717) is 0 Å². The zero-order valence-electron chi connectivity index (χ0n) is 3.70. The summed E-state index contributed by atoms with van der Waals surface area (Å²) >= 11 is 0. The van der Waals surface area contributed by atoms with E-state index in [4.69, 9.17) is 0 Å². The van der Waals surface area contributed by atoms with E-state index in [0.717, 1.165) is 0 Å². The summed E-state index contributed by atoms with van der Waals surface area (Å²) in [4.78, 5) is 0. The van der Waals surface area contributed by atoms with Crippen LogP contribution in [0.4, 0.5) is 0 Å². The van der Waals surface area contributed by atoms with E-state index in [9.17, 15) is 0 Å². The van der Waals surface area contributed by atoms with Gasteiger partial charge in [0.2, 0.25) is 0 Å². The van der Waals surface area contributed by atoms with Gasteiger partial charge in [-0.3, -0.25) is 0 Å². The summed E-state index contributed by atoms with van der Waals surface area (Å²) in [5.74, 6) is 0. The molecule has 0 aliphatic rings. The first-order valence-electron chi connectivity index (χ1n) is 0. The van der Waals surface area contributed by atoms with Gasteiger partial charge in [0, 0.05) is 21.7 Å². The first kappa shape index (κ1) is 81.9. The van der Waals surface area contributed by atoms with Gasteiger partial charge in [0.15, 0.2) is 0 Å². The number of hydrogen-bond acceptors (Lipinski definition) is 4. The van der Waals surface area contributed by atoms with Crippen molar-refractivity contribution in [2.45, 2.75) is 0 Å². The van der Waals surface area contributed by atoms with Crippen LogP contribution >= 0.6 is 0 Å². The number of rotatable bonds is 0. The van der Waals surface area contributed by atoms with E-state index >= 15 is 0 Å².